The van der Waals surface area contributed by atoms with E-state index in [2.05, 4.69) is 4.98 Å². The number of unbranched alkanes of at least 4 members (excludes halogenated alkanes) is 2. The fourth-order valence-corrected chi connectivity index (χ4v) is 2.44. The van der Waals surface area contributed by atoms with Crippen molar-refractivity contribution >= 4 is 17.4 Å². The van der Waals surface area contributed by atoms with Gasteiger partial charge in [0, 0.05) is 30.9 Å². The summed E-state index contributed by atoms with van der Waals surface area (Å²) in [6, 6.07) is 5.17. The van der Waals surface area contributed by atoms with Gasteiger partial charge in [-0.15, -0.1) is 0 Å². The van der Waals surface area contributed by atoms with Crippen LogP contribution >= 0.6 is 11.6 Å². The number of rotatable bonds is 8. The number of carbonyl (C=O) groups is 1. The molecule has 0 saturated heterocycles. The SMILES string of the molecule is COc1ccc(C(=O)CCCCCn2ccnc2)c(Cl)c1. The van der Waals surface area contributed by atoms with E-state index in [0.29, 0.717) is 22.8 Å². The molecule has 0 aliphatic carbocycles. The predicted molar refractivity (Wildman–Crippen MR) is 83.0 cm³/mol. The lowest BCUT2D eigenvalue weighted by molar-refractivity contribution is 0.0979. The Morgan fingerprint density at radius 3 is 2.86 bits per heavy atom. The number of nitrogens with zero attached hydrogens (tertiary/aromatic N) is 2. The number of carbonyl (C=O) groups excluding carboxylic acids is 1. The number of aromatic nitrogens is 2. The number of methoxy groups -OCH3 is 1. The summed E-state index contributed by atoms with van der Waals surface area (Å²) >= 11 is 6.10. The van der Waals surface area contributed by atoms with Gasteiger partial charge in [0.15, 0.2) is 5.78 Å². The highest BCUT2D eigenvalue weighted by atomic mass is 35.5. The van der Waals surface area contributed by atoms with Crippen molar-refractivity contribution in [1.29, 1.82) is 0 Å². The molecule has 0 radical (unpaired) electrons. The Morgan fingerprint density at radius 1 is 1.33 bits per heavy atom. The van der Waals surface area contributed by atoms with Gasteiger partial charge in [0.1, 0.15) is 5.75 Å². The molecule has 5 heteroatoms. The van der Waals surface area contributed by atoms with Crippen LogP contribution in [0.2, 0.25) is 5.02 Å². The third-order valence-corrected chi connectivity index (χ3v) is 3.67. The first kappa shape index (κ1) is 15.6. The van der Waals surface area contributed by atoms with Crippen LogP contribution in [0.1, 0.15) is 36.0 Å². The number of imidazole rings is 1. The molecule has 2 rings (SSSR count). The zero-order valence-electron chi connectivity index (χ0n) is 12.1. The Bertz CT molecular complexity index is 582. The molecule has 0 aliphatic rings. The first-order chi connectivity index (χ1) is 10.2. The van der Waals surface area contributed by atoms with Gasteiger partial charge in [-0.3, -0.25) is 4.79 Å². The van der Waals surface area contributed by atoms with Crippen LogP contribution < -0.4 is 4.74 Å². The van der Waals surface area contributed by atoms with Crippen molar-refractivity contribution < 1.29 is 9.53 Å². The molecule has 0 N–H and O–H groups in total. The first-order valence-electron chi connectivity index (χ1n) is 7.03. The molecule has 2 aromatic rings. The highest BCUT2D eigenvalue weighted by molar-refractivity contribution is 6.34. The van der Waals surface area contributed by atoms with Gasteiger partial charge in [0.2, 0.25) is 0 Å². The number of hydrogen-bond acceptors (Lipinski definition) is 3. The lowest BCUT2D eigenvalue weighted by atomic mass is 10.0. The fraction of sp³-hybridized carbons (Fsp3) is 0.375. The number of aryl methyl sites for hydroxylation is 1. The van der Waals surface area contributed by atoms with E-state index in [4.69, 9.17) is 16.3 Å². The van der Waals surface area contributed by atoms with Crippen LogP contribution in [-0.4, -0.2) is 22.4 Å². The van der Waals surface area contributed by atoms with Crippen LogP contribution in [0, 0.1) is 0 Å². The normalized spacial score (nSPS) is 10.6. The number of Topliss-reactive ketones (excluding diaryl/α,β-unsaturated/α-hetero) is 1. The summed E-state index contributed by atoms with van der Waals surface area (Å²) < 4.78 is 7.12. The Balaban J connectivity index is 1.74. The van der Waals surface area contributed by atoms with E-state index in [1.54, 1.807) is 31.5 Å². The molecule has 1 aromatic carbocycles. The Labute approximate surface area is 129 Å². The Hall–Kier alpha value is -1.81. The van der Waals surface area contributed by atoms with Crippen LogP contribution in [0.4, 0.5) is 0 Å². The number of ether oxygens (including phenoxy) is 1. The van der Waals surface area contributed by atoms with E-state index in [9.17, 15) is 4.79 Å². The topological polar surface area (TPSA) is 44.1 Å². The van der Waals surface area contributed by atoms with Crippen molar-refractivity contribution in [1.82, 2.24) is 9.55 Å². The molecule has 1 aromatic heterocycles. The highest BCUT2D eigenvalue weighted by Crippen LogP contribution is 2.24. The quantitative estimate of drug-likeness (QED) is 0.547. The van der Waals surface area contributed by atoms with Gasteiger partial charge in [-0.2, -0.15) is 0 Å². The molecule has 4 nitrogen and oxygen atoms in total. The summed E-state index contributed by atoms with van der Waals surface area (Å²) in [5, 5.41) is 0.456. The van der Waals surface area contributed by atoms with Gasteiger partial charge in [0.25, 0.3) is 0 Å². The predicted octanol–water partition coefficient (Wildman–Crippen LogP) is 3.99. The molecular formula is C16H19ClN2O2. The van der Waals surface area contributed by atoms with E-state index in [1.165, 1.54) is 0 Å². The fourth-order valence-electron chi connectivity index (χ4n) is 2.16. The van der Waals surface area contributed by atoms with Gasteiger partial charge < -0.3 is 9.30 Å². The maximum Gasteiger partial charge on any atom is 0.164 e. The number of hydrogen-bond donors (Lipinski definition) is 0. The summed E-state index contributed by atoms with van der Waals surface area (Å²) in [7, 11) is 1.58. The van der Waals surface area contributed by atoms with E-state index in [-0.39, 0.29) is 5.78 Å². The third kappa shape index (κ3) is 4.60. The molecule has 0 bridgehead atoms. The number of halogens is 1. The summed E-state index contributed by atoms with van der Waals surface area (Å²) in [4.78, 5) is 16.1. The third-order valence-electron chi connectivity index (χ3n) is 3.36. The van der Waals surface area contributed by atoms with Crippen molar-refractivity contribution in [2.24, 2.45) is 0 Å². The van der Waals surface area contributed by atoms with Gasteiger partial charge >= 0.3 is 0 Å². The van der Waals surface area contributed by atoms with E-state index in [0.717, 1.165) is 25.8 Å². The molecule has 0 aliphatic heterocycles. The summed E-state index contributed by atoms with van der Waals surface area (Å²) in [5.41, 5.74) is 0.576. The first-order valence-corrected chi connectivity index (χ1v) is 7.41. The van der Waals surface area contributed by atoms with Gasteiger partial charge in [-0.1, -0.05) is 18.0 Å². The minimum atomic E-state index is 0.0882. The monoisotopic (exact) mass is 306 g/mol. The molecule has 0 unspecified atom stereocenters. The minimum Gasteiger partial charge on any atom is -0.497 e. The maximum atomic E-state index is 12.1. The summed E-state index contributed by atoms with van der Waals surface area (Å²) in [6.45, 7) is 0.942. The van der Waals surface area contributed by atoms with E-state index < -0.39 is 0 Å². The molecule has 0 atom stereocenters. The molecule has 0 spiro atoms. The van der Waals surface area contributed by atoms with Gasteiger partial charge in [-0.25, -0.2) is 4.98 Å². The zero-order valence-corrected chi connectivity index (χ0v) is 12.8. The van der Waals surface area contributed by atoms with Gasteiger partial charge in [-0.05, 0) is 31.0 Å². The molecule has 0 saturated carbocycles. The average molecular weight is 307 g/mol. The largest absolute Gasteiger partial charge is 0.497 e. The molecular weight excluding hydrogens is 288 g/mol. The zero-order chi connectivity index (χ0) is 15.1. The summed E-state index contributed by atoms with van der Waals surface area (Å²) in [6.07, 6.45) is 8.98. The summed E-state index contributed by atoms with van der Waals surface area (Å²) in [5.74, 6) is 0.752. The second-order valence-electron chi connectivity index (χ2n) is 4.88. The van der Waals surface area contributed by atoms with Crippen LogP contribution in [0.3, 0.4) is 0 Å². The van der Waals surface area contributed by atoms with Crippen LogP contribution in [0.15, 0.2) is 36.9 Å². The van der Waals surface area contributed by atoms with Crippen molar-refractivity contribution in [2.75, 3.05) is 7.11 Å². The van der Waals surface area contributed by atoms with Crippen LogP contribution in [0.5, 0.6) is 5.75 Å². The van der Waals surface area contributed by atoms with Crippen molar-refractivity contribution in [2.45, 2.75) is 32.2 Å². The minimum absolute atomic E-state index is 0.0882. The number of ketones is 1. The number of benzene rings is 1. The van der Waals surface area contributed by atoms with Crippen molar-refractivity contribution in [3.05, 3.63) is 47.5 Å². The standard InChI is InChI=1S/C16H19ClN2O2/c1-21-13-6-7-14(15(17)11-13)16(20)5-3-2-4-9-19-10-8-18-12-19/h6-8,10-12H,2-5,9H2,1H3. The Morgan fingerprint density at radius 2 is 2.19 bits per heavy atom. The molecule has 1 heterocycles. The Kier molecular flexibility index (Phi) is 5.81. The van der Waals surface area contributed by atoms with E-state index in [1.807, 2.05) is 17.1 Å². The average Bonchev–Trinajstić information content (AvgIpc) is 2.99. The van der Waals surface area contributed by atoms with Crippen LogP contribution in [0.25, 0.3) is 0 Å². The second kappa shape index (κ2) is 7.84. The molecule has 112 valence electrons. The van der Waals surface area contributed by atoms with Crippen LogP contribution in [-0.2, 0) is 6.54 Å². The smallest absolute Gasteiger partial charge is 0.164 e. The lowest BCUT2D eigenvalue weighted by Gasteiger charge is -2.06. The maximum absolute atomic E-state index is 12.1. The molecule has 0 fully saturated rings. The molecule has 21 heavy (non-hydrogen) atoms. The lowest BCUT2D eigenvalue weighted by Crippen LogP contribution is -2.01. The molecule has 0 amide bonds. The second-order valence-corrected chi connectivity index (χ2v) is 5.29. The highest BCUT2D eigenvalue weighted by Gasteiger charge is 2.10. The van der Waals surface area contributed by atoms with E-state index >= 15 is 0 Å². The van der Waals surface area contributed by atoms with Crippen molar-refractivity contribution in [3.63, 3.8) is 0 Å². The van der Waals surface area contributed by atoms with Gasteiger partial charge in [0.05, 0.1) is 18.5 Å². The van der Waals surface area contributed by atoms with Crippen molar-refractivity contribution in [3.8, 4) is 5.75 Å².